The van der Waals surface area contributed by atoms with E-state index in [0.717, 1.165) is 16.8 Å². The Hall–Kier alpha value is -3.01. The number of hydrogen-bond donors (Lipinski definition) is 3. The highest BCUT2D eigenvalue weighted by molar-refractivity contribution is 6.07. The van der Waals surface area contributed by atoms with Crippen LogP contribution in [0.4, 0.5) is 10.5 Å². The molecule has 0 aromatic heterocycles. The quantitative estimate of drug-likeness (QED) is 0.377. The van der Waals surface area contributed by atoms with Crippen molar-refractivity contribution in [1.29, 1.82) is 5.26 Å². The fourth-order valence-corrected chi connectivity index (χ4v) is 2.26. The number of benzene rings is 1. The Bertz CT molecular complexity index is 705. The average Bonchev–Trinajstić information content (AvgIpc) is 2.59. The van der Waals surface area contributed by atoms with Gasteiger partial charge in [0, 0.05) is 25.0 Å². The summed E-state index contributed by atoms with van der Waals surface area (Å²) in [6.45, 7) is 8.69. The lowest BCUT2D eigenvalue weighted by molar-refractivity contribution is -0.112. The summed E-state index contributed by atoms with van der Waals surface area (Å²) in [7, 11) is 0. The smallest absolute Gasteiger partial charge is 0.407 e. The minimum Gasteiger partial charge on any atom is -0.450 e. The maximum absolute atomic E-state index is 12.4. The number of aryl methyl sites for hydroxylation is 1. The van der Waals surface area contributed by atoms with Crippen molar-refractivity contribution in [2.24, 2.45) is 0 Å². The fourth-order valence-electron chi connectivity index (χ4n) is 2.26. The number of carbonyl (C=O) groups excluding carboxylic acids is 2. The molecule has 26 heavy (non-hydrogen) atoms. The Kier molecular flexibility index (Phi) is 8.71. The molecule has 0 aliphatic rings. The highest BCUT2D eigenvalue weighted by Gasteiger charge is 2.15. The second-order valence-electron chi connectivity index (χ2n) is 5.92. The van der Waals surface area contributed by atoms with Crippen LogP contribution in [-0.2, 0) is 9.53 Å². The maximum atomic E-state index is 12.4. The first kappa shape index (κ1) is 21.0. The van der Waals surface area contributed by atoms with Gasteiger partial charge in [-0.05, 0) is 30.9 Å². The number of nitrogens with one attached hydrogen (secondary N) is 3. The molecule has 0 aliphatic heterocycles. The Morgan fingerprint density at radius 2 is 2.04 bits per heavy atom. The second-order valence-corrected chi connectivity index (χ2v) is 5.92. The van der Waals surface area contributed by atoms with E-state index in [-0.39, 0.29) is 11.5 Å². The van der Waals surface area contributed by atoms with Gasteiger partial charge in [0.1, 0.15) is 11.6 Å². The molecule has 0 atom stereocenters. The van der Waals surface area contributed by atoms with Crippen LogP contribution in [0.25, 0.3) is 0 Å². The summed E-state index contributed by atoms with van der Waals surface area (Å²) in [6.07, 6.45) is 0.840. The van der Waals surface area contributed by atoms with Crippen molar-refractivity contribution in [3.05, 3.63) is 41.1 Å². The molecule has 0 spiro atoms. The van der Waals surface area contributed by atoms with E-state index in [2.05, 4.69) is 16.0 Å². The molecule has 7 heteroatoms. The van der Waals surface area contributed by atoms with Crippen LogP contribution in [0, 0.1) is 18.3 Å². The fraction of sp³-hybridized carbons (Fsp3) is 0.421. The number of rotatable bonds is 8. The molecule has 0 fully saturated rings. The lowest BCUT2D eigenvalue weighted by Gasteiger charge is -2.16. The lowest BCUT2D eigenvalue weighted by atomic mass is 9.98. The van der Waals surface area contributed by atoms with Gasteiger partial charge >= 0.3 is 6.09 Å². The highest BCUT2D eigenvalue weighted by Crippen LogP contribution is 2.27. The van der Waals surface area contributed by atoms with E-state index in [9.17, 15) is 14.9 Å². The Balaban J connectivity index is 2.67. The number of carbonyl (C=O) groups is 2. The Morgan fingerprint density at radius 3 is 2.65 bits per heavy atom. The molecule has 2 amide bonds. The van der Waals surface area contributed by atoms with Crippen LogP contribution in [-0.4, -0.2) is 31.7 Å². The van der Waals surface area contributed by atoms with Crippen LogP contribution < -0.4 is 16.0 Å². The Morgan fingerprint density at radius 1 is 1.31 bits per heavy atom. The highest BCUT2D eigenvalue weighted by atomic mass is 16.5. The molecular weight excluding hydrogens is 332 g/mol. The predicted molar refractivity (Wildman–Crippen MR) is 101 cm³/mol. The largest absolute Gasteiger partial charge is 0.450 e. The summed E-state index contributed by atoms with van der Waals surface area (Å²) in [5.41, 5.74) is 2.65. The van der Waals surface area contributed by atoms with Gasteiger partial charge in [0.2, 0.25) is 0 Å². The van der Waals surface area contributed by atoms with Gasteiger partial charge < -0.3 is 20.7 Å². The summed E-state index contributed by atoms with van der Waals surface area (Å²) in [5.74, 6) is -0.235. The van der Waals surface area contributed by atoms with Crippen molar-refractivity contribution < 1.29 is 14.3 Å². The first-order valence-electron chi connectivity index (χ1n) is 8.55. The number of anilines is 1. The third kappa shape index (κ3) is 6.48. The van der Waals surface area contributed by atoms with Crippen LogP contribution in [0.15, 0.2) is 30.0 Å². The van der Waals surface area contributed by atoms with Crippen LogP contribution in [0.2, 0.25) is 0 Å². The number of nitriles is 1. The van der Waals surface area contributed by atoms with Gasteiger partial charge in [-0.3, -0.25) is 4.79 Å². The number of para-hydroxylation sites is 1. The molecule has 0 unspecified atom stereocenters. The van der Waals surface area contributed by atoms with Crippen LogP contribution in [0.5, 0.6) is 0 Å². The molecule has 140 valence electrons. The minimum absolute atomic E-state index is 0.0425. The van der Waals surface area contributed by atoms with Gasteiger partial charge in [-0.1, -0.05) is 32.0 Å². The topological polar surface area (TPSA) is 103 Å². The monoisotopic (exact) mass is 358 g/mol. The first-order chi connectivity index (χ1) is 12.4. The van der Waals surface area contributed by atoms with E-state index in [1.165, 1.54) is 6.20 Å². The summed E-state index contributed by atoms with van der Waals surface area (Å²) >= 11 is 0. The number of nitrogens with zero attached hydrogens (tertiary/aromatic N) is 1. The molecule has 1 aromatic rings. The number of alkyl carbamates (subject to hydrolysis) is 1. The SMILES string of the molecule is CCOC(=O)NCCN/C=C(/C#N)C(=O)Nc1c(C)cccc1C(C)C. The first-order valence-corrected chi connectivity index (χ1v) is 8.55. The third-order valence-corrected chi connectivity index (χ3v) is 3.59. The van der Waals surface area contributed by atoms with Gasteiger partial charge in [0.15, 0.2) is 0 Å². The van der Waals surface area contributed by atoms with Gasteiger partial charge in [-0.2, -0.15) is 5.26 Å². The molecule has 7 nitrogen and oxygen atoms in total. The van der Waals surface area contributed by atoms with Crippen molar-refractivity contribution in [1.82, 2.24) is 10.6 Å². The molecular formula is C19H26N4O3. The van der Waals surface area contributed by atoms with E-state index in [1.54, 1.807) is 6.92 Å². The molecule has 1 rings (SSSR count). The zero-order chi connectivity index (χ0) is 19.5. The van der Waals surface area contributed by atoms with Crippen LogP contribution >= 0.6 is 0 Å². The van der Waals surface area contributed by atoms with Crippen molar-refractivity contribution >= 4 is 17.7 Å². The summed E-state index contributed by atoms with van der Waals surface area (Å²) in [6, 6.07) is 7.70. The summed E-state index contributed by atoms with van der Waals surface area (Å²) < 4.78 is 4.73. The molecule has 1 aromatic carbocycles. The maximum Gasteiger partial charge on any atom is 0.407 e. The van der Waals surface area contributed by atoms with E-state index in [0.29, 0.717) is 19.7 Å². The van der Waals surface area contributed by atoms with E-state index >= 15 is 0 Å². The summed E-state index contributed by atoms with van der Waals surface area (Å²) in [5, 5.41) is 17.4. The average molecular weight is 358 g/mol. The van der Waals surface area contributed by atoms with Gasteiger partial charge in [0.25, 0.3) is 5.91 Å². The molecule has 0 saturated heterocycles. The van der Waals surface area contributed by atoms with Crippen LogP contribution in [0.1, 0.15) is 37.8 Å². The van der Waals surface area contributed by atoms with Crippen LogP contribution in [0.3, 0.4) is 0 Å². The number of amides is 2. The minimum atomic E-state index is -0.503. The number of hydrogen-bond acceptors (Lipinski definition) is 5. The Labute approximate surface area is 154 Å². The second kappa shape index (κ2) is 10.8. The zero-order valence-electron chi connectivity index (χ0n) is 15.7. The van der Waals surface area contributed by atoms with Crippen molar-refractivity contribution in [2.75, 3.05) is 25.0 Å². The molecule has 3 N–H and O–H groups in total. The summed E-state index contributed by atoms with van der Waals surface area (Å²) in [4.78, 5) is 23.5. The normalized spacial score (nSPS) is 10.8. The standard InChI is InChI=1S/C19H26N4O3/c1-5-26-19(25)22-10-9-21-12-15(11-20)18(24)23-17-14(4)7-6-8-16(17)13(2)3/h6-8,12-13,21H,5,9-10H2,1-4H3,(H,22,25)(H,23,24)/b15-12-. The zero-order valence-corrected chi connectivity index (χ0v) is 15.7. The van der Waals surface area contributed by atoms with Gasteiger partial charge in [-0.25, -0.2) is 4.79 Å². The van der Waals surface area contributed by atoms with Crippen molar-refractivity contribution in [2.45, 2.75) is 33.6 Å². The van der Waals surface area contributed by atoms with Gasteiger partial charge in [-0.15, -0.1) is 0 Å². The molecule has 0 aliphatic carbocycles. The third-order valence-electron chi connectivity index (χ3n) is 3.59. The molecule has 0 bridgehead atoms. The molecule has 0 radical (unpaired) electrons. The molecule has 0 saturated carbocycles. The molecule has 0 heterocycles. The van der Waals surface area contributed by atoms with E-state index in [4.69, 9.17) is 4.74 Å². The van der Waals surface area contributed by atoms with E-state index < -0.39 is 12.0 Å². The predicted octanol–water partition coefficient (Wildman–Crippen LogP) is 2.80. The van der Waals surface area contributed by atoms with Crippen molar-refractivity contribution in [3.63, 3.8) is 0 Å². The van der Waals surface area contributed by atoms with Crippen molar-refractivity contribution in [3.8, 4) is 6.07 Å². The van der Waals surface area contributed by atoms with Gasteiger partial charge in [0.05, 0.1) is 6.61 Å². The number of ether oxygens (including phenoxy) is 1. The lowest BCUT2D eigenvalue weighted by Crippen LogP contribution is -2.31. The van der Waals surface area contributed by atoms with E-state index in [1.807, 2.05) is 45.0 Å².